The van der Waals surface area contributed by atoms with Gasteiger partial charge in [0, 0.05) is 22.6 Å². The molecular weight excluding hydrogens is 628 g/mol. The Morgan fingerprint density at radius 2 is 1.49 bits per heavy atom. The SMILES string of the molecule is CC[C@H](C(=O)N[C@@H](C)CC)N(Cc1ccc(Cl)c(Cl)c1)C(=O)CN(c1cc(Cl)cc(Cl)c1)S(=O)(=O)c1ccccc1. The van der Waals surface area contributed by atoms with Crippen molar-refractivity contribution < 1.29 is 18.0 Å². The molecule has 0 radical (unpaired) electrons. The van der Waals surface area contributed by atoms with Crippen molar-refractivity contribution in [3.05, 3.63) is 92.4 Å². The monoisotopic (exact) mass is 657 g/mol. The van der Waals surface area contributed by atoms with Gasteiger partial charge in [0.1, 0.15) is 12.6 Å². The maximum absolute atomic E-state index is 14.1. The van der Waals surface area contributed by atoms with Gasteiger partial charge < -0.3 is 10.2 Å². The van der Waals surface area contributed by atoms with E-state index in [0.29, 0.717) is 17.0 Å². The molecule has 2 amide bonds. The number of anilines is 1. The summed E-state index contributed by atoms with van der Waals surface area (Å²) in [5.41, 5.74) is 0.720. The second kappa shape index (κ2) is 14.6. The van der Waals surface area contributed by atoms with E-state index in [1.165, 1.54) is 35.2 Å². The van der Waals surface area contributed by atoms with Gasteiger partial charge in [-0.2, -0.15) is 0 Å². The van der Waals surface area contributed by atoms with Crippen molar-refractivity contribution in [2.24, 2.45) is 0 Å². The quantitative estimate of drug-likeness (QED) is 0.223. The summed E-state index contributed by atoms with van der Waals surface area (Å²) in [7, 11) is -4.25. The second-order valence-electron chi connectivity index (χ2n) is 9.46. The Kier molecular flexibility index (Phi) is 11.8. The number of sulfonamides is 1. The highest BCUT2D eigenvalue weighted by molar-refractivity contribution is 7.92. The molecule has 41 heavy (non-hydrogen) atoms. The molecule has 7 nitrogen and oxygen atoms in total. The zero-order valence-corrected chi connectivity index (χ0v) is 26.6. The Morgan fingerprint density at radius 3 is 2.05 bits per heavy atom. The fourth-order valence-corrected chi connectivity index (χ4v) is 6.38. The van der Waals surface area contributed by atoms with Gasteiger partial charge in [0.25, 0.3) is 10.0 Å². The van der Waals surface area contributed by atoms with Crippen LogP contribution in [0.1, 0.15) is 39.2 Å². The third-order valence-electron chi connectivity index (χ3n) is 6.47. The van der Waals surface area contributed by atoms with E-state index < -0.39 is 28.5 Å². The lowest BCUT2D eigenvalue weighted by Crippen LogP contribution is -2.53. The summed E-state index contributed by atoms with van der Waals surface area (Å²) in [6.45, 7) is 4.95. The normalized spacial score (nSPS) is 12.9. The van der Waals surface area contributed by atoms with E-state index in [4.69, 9.17) is 46.4 Å². The summed E-state index contributed by atoms with van der Waals surface area (Å²) in [5.74, 6) is -0.962. The van der Waals surface area contributed by atoms with Crippen LogP contribution in [0.4, 0.5) is 5.69 Å². The third-order valence-corrected chi connectivity index (χ3v) is 9.43. The van der Waals surface area contributed by atoms with Gasteiger partial charge in [0.15, 0.2) is 0 Å². The van der Waals surface area contributed by atoms with E-state index in [1.807, 2.05) is 13.8 Å². The van der Waals surface area contributed by atoms with Crippen LogP contribution < -0.4 is 9.62 Å². The Balaban J connectivity index is 2.10. The van der Waals surface area contributed by atoms with Gasteiger partial charge in [-0.3, -0.25) is 13.9 Å². The smallest absolute Gasteiger partial charge is 0.264 e. The number of nitrogens with one attached hydrogen (secondary N) is 1. The number of hydrogen-bond acceptors (Lipinski definition) is 4. The minimum Gasteiger partial charge on any atom is -0.352 e. The van der Waals surface area contributed by atoms with Gasteiger partial charge in [-0.1, -0.05) is 84.5 Å². The number of carbonyl (C=O) groups is 2. The molecule has 0 saturated carbocycles. The van der Waals surface area contributed by atoms with E-state index in [2.05, 4.69) is 5.32 Å². The fraction of sp³-hybridized carbons (Fsp3) is 0.310. The third kappa shape index (κ3) is 8.52. The van der Waals surface area contributed by atoms with Crippen LogP contribution in [-0.4, -0.2) is 43.8 Å². The molecule has 0 saturated heterocycles. The zero-order chi connectivity index (χ0) is 30.3. The van der Waals surface area contributed by atoms with Crippen molar-refractivity contribution >= 4 is 73.9 Å². The molecule has 220 valence electrons. The number of halogens is 4. The molecule has 12 heteroatoms. The average Bonchev–Trinajstić information content (AvgIpc) is 2.93. The van der Waals surface area contributed by atoms with Crippen molar-refractivity contribution in [3.63, 3.8) is 0 Å². The summed E-state index contributed by atoms with van der Waals surface area (Å²) in [5, 5.41) is 3.95. The molecule has 3 aromatic carbocycles. The van der Waals surface area contributed by atoms with Crippen LogP contribution in [0.15, 0.2) is 71.6 Å². The topological polar surface area (TPSA) is 86.8 Å². The fourth-order valence-electron chi connectivity index (χ4n) is 4.13. The zero-order valence-electron chi connectivity index (χ0n) is 22.8. The van der Waals surface area contributed by atoms with E-state index in [0.717, 1.165) is 4.31 Å². The first-order valence-corrected chi connectivity index (χ1v) is 15.9. The van der Waals surface area contributed by atoms with Crippen LogP contribution in [0.25, 0.3) is 0 Å². The minimum absolute atomic E-state index is 0.0162. The van der Waals surface area contributed by atoms with Crippen molar-refractivity contribution in [1.82, 2.24) is 10.2 Å². The maximum Gasteiger partial charge on any atom is 0.264 e. The molecule has 1 N–H and O–H groups in total. The van der Waals surface area contributed by atoms with E-state index in [1.54, 1.807) is 43.3 Å². The van der Waals surface area contributed by atoms with E-state index in [-0.39, 0.29) is 50.6 Å². The van der Waals surface area contributed by atoms with Gasteiger partial charge >= 0.3 is 0 Å². The van der Waals surface area contributed by atoms with Crippen molar-refractivity contribution in [2.45, 2.75) is 57.1 Å². The highest BCUT2D eigenvalue weighted by atomic mass is 35.5. The summed E-state index contributed by atoms with van der Waals surface area (Å²) < 4.78 is 28.7. The molecule has 3 aromatic rings. The maximum atomic E-state index is 14.1. The van der Waals surface area contributed by atoms with Crippen LogP contribution in [0.3, 0.4) is 0 Å². The molecule has 0 heterocycles. The van der Waals surface area contributed by atoms with Gasteiger partial charge in [0.2, 0.25) is 11.8 Å². The molecule has 2 atom stereocenters. The van der Waals surface area contributed by atoms with E-state index >= 15 is 0 Å². The molecule has 0 unspecified atom stereocenters. The summed E-state index contributed by atoms with van der Waals surface area (Å²) in [6.07, 6.45) is 0.977. The molecule has 0 aliphatic rings. The first-order valence-electron chi connectivity index (χ1n) is 12.9. The van der Waals surface area contributed by atoms with Gasteiger partial charge in [0.05, 0.1) is 20.6 Å². The van der Waals surface area contributed by atoms with Gasteiger partial charge in [-0.25, -0.2) is 8.42 Å². The summed E-state index contributed by atoms with van der Waals surface area (Å²) >= 11 is 24.8. The van der Waals surface area contributed by atoms with Crippen molar-refractivity contribution in [1.29, 1.82) is 0 Å². The predicted molar refractivity (Wildman–Crippen MR) is 166 cm³/mol. The molecule has 0 aromatic heterocycles. The molecular formula is C29H31Cl4N3O4S. The minimum atomic E-state index is -4.25. The number of amides is 2. The van der Waals surface area contributed by atoms with Crippen LogP contribution in [0.5, 0.6) is 0 Å². The number of rotatable bonds is 12. The number of carbonyl (C=O) groups excluding carboxylic acids is 2. The van der Waals surface area contributed by atoms with Crippen molar-refractivity contribution in [2.75, 3.05) is 10.8 Å². The summed E-state index contributed by atoms with van der Waals surface area (Å²) in [4.78, 5) is 28.8. The lowest BCUT2D eigenvalue weighted by atomic mass is 10.1. The highest BCUT2D eigenvalue weighted by Crippen LogP contribution is 2.30. The highest BCUT2D eigenvalue weighted by Gasteiger charge is 2.34. The largest absolute Gasteiger partial charge is 0.352 e. The molecule has 0 spiro atoms. The lowest BCUT2D eigenvalue weighted by Gasteiger charge is -2.34. The van der Waals surface area contributed by atoms with Crippen LogP contribution in [0.2, 0.25) is 20.1 Å². The van der Waals surface area contributed by atoms with E-state index in [9.17, 15) is 18.0 Å². The molecule has 0 aliphatic heterocycles. The Morgan fingerprint density at radius 1 is 0.854 bits per heavy atom. The molecule has 0 aliphatic carbocycles. The van der Waals surface area contributed by atoms with Gasteiger partial charge in [-0.15, -0.1) is 0 Å². The lowest BCUT2D eigenvalue weighted by molar-refractivity contribution is -0.140. The Labute approximate surface area is 261 Å². The Hall–Kier alpha value is -2.49. The first kappa shape index (κ1) is 33.0. The second-order valence-corrected chi connectivity index (χ2v) is 13.0. The van der Waals surface area contributed by atoms with Crippen molar-refractivity contribution in [3.8, 4) is 0 Å². The average molecular weight is 659 g/mol. The first-order chi connectivity index (χ1) is 19.4. The molecule has 0 bridgehead atoms. The van der Waals surface area contributed by atoms with Gasteiger partial charge in [-0.05, 0) is 67.8 Å². The molecule has 0 fully saturated rings. The van der Waals surface area contributed by atoms with Crippen LogP contribution in [-0.2, 0) is 26.2 Å². The Bertz CT molecular complexity index is 1470. The number of hydrogen-bond donors (Lipinski definition) is 1. The molecule has 3 rings (SSSR count). The summed E-state index contributed by atoms with van der Waals surface area (Å²) in [6, 6.07) is 15.9. The predicted octanol–water partition coefficient (Wildman–Crippen LogP) is 7.22. The standard InChI is InChI=1S/C29H31Cl4N3O4S/c1-4-19(3)34-29(38)27(5-2)35(17-20-11-12-25(32)26(33)13-20)28(37)18-36(23-15-21(30)14-22(31)16-23)41(39,40)24-9-7-6-8-10-24/h6-16,19,27H,4-5,17-18H2,1-3H3,(H,34,38)/t19-,27+/m0/s1. The van der Waals surface area contributed by atoms with Crippen LogP contribution in [0, 0.1) is 0 Å². The van der Waals surface area contributed by atoms with Crippen LogP contribution >= 0.6 is 46.4 Å². The number of nitrogens with zero attached hydrogens (tertiary/aromatic N) is 2. The number of benzene rings is 3.